The fourth-order valence-corrected chi connectivity index (χ4v) is 4.47. The number of para-hydroxylation sites is 1. The highest BCUT2D eigenvalue weighted by atomic mass is 32.1. The van der Waals surface area contributed by atoms with Gasteiger partial charge in [-0.25, -0.2) is 4.98 Å². The topological polar surface area (TPSA) is 58.4 Å². The molecule has 0 aliphatic carbocycles. The van der Waals surface area contributed by atoms with Crippen molar-refractivity contribution in [1.82, 2.24) is 14.5 Å². The van der Waals surface area contributed by atoms with Crippen molar-refractivity contribution < 1.29 is 4.79 Å². The molecule has 3 aromatic rings. The number of aryl methyl sites for hydroxylation is 2. The Morgan fingerprint density at radius 3 is 2.50 bits per heavy atom. The standard InChI is InChI=1S/C19H20N4O2S/c1-13-15-17(20-12-21(2)18(15)24)26-16(13)19(25)23-10-8-22(9-11-23)14-6-4-3-5-7-14/h3-7,12H,8-11H2,1-2H3. The average molecular weight is 368 g/mol. The summed E-state index contributed by atoms with van der Waals surface area (Å²) in [5.41, 5.74) is 1.83. The van der Waals surface area contributed by atoms with Crippen LogP contribution in [0.1, 0.15) is 15.2 Å². The van der Waals surface area contributed by atoms with Gasteiger partial charge in [-0.1, -0.05) is 18.2 Å². The summed E-state index contributed by atoms with van der Waals surface area (Å²) in [5.74, 6) is 0.000245. The van der Waals surface area contributed by atoms with Gasteiger partial charge in [0.05, 0.1) is 16.6 Å². The molecule has 1 saturated heterocycles. The number of aromatic nitrogens is 2. The molecule has 0 radical (unpaired) electrons. The minimum absolute atomic E-state index is 0.000245. The molecule has 26 heavy (non-hydrogen) atoms. The number of carbonyl (C=O) groups is 1. The van der Waals surface area contributed by atoms with E-state index >= 15 is 0 Å². The Hall–Kier alpha value is -2.67. The van der Waals surface area contributed by atoms with Crippen molar-refractivity contribution in [3.05, 3.63) is 57.5 Å². The number of carbonyl (C=O) groups excluding carboxylic acids is 1. The van der Waals surface area contributed by atoms with E-state index in [0.717, 1.165) is 18.7 Å². The van der Waals surface area contributed by atoms with Gasteiger partial charge in [0.2, 0.25) is 0 Å². The smallest absolute Gasteiger partial charge is 0.264 e. The molecule has 1 aliphatic rings. The molecular weight excluding hydrogens is 348 g/mol. The molecule has 1 amide bonds. The van der Waals surface area contributed by atoms with E-state index in [1.165, 1.54) is 27.9 Å². The second-order valence-electron chi connectivity index (χ2n) is 6.51. The number of rotatable bonds is 2. The number of thiophene rings is 1. The molecule has 0 bridgehead atoms. The lowest BCUT2D eigenvalue weighted by molar-refractivity contribution is 0.0751. The number of hydrogen-bond acceptors (Lipinski definition) is 5. The van der Waals surface area contributed by atoms with Gasteiger partial charge in [0.25, 0.3) is 11.5 Å². The van der Waals surface area contributed by atoms with E-state index in [0.29, 0.717) is 28.2 Å². The number of hydrogen-bond donors (Lipinski definition) is 0. The van der Waals surface area contributed by atoms with Crippen LogP contribution in [0.25, 0.3) is 10.2 Å². The highest BCUT2D eigenvalue weighted by Gasteiger charge is 2.26. The number of amides is 1. The number of fused-ring (bicyclic) bond motifs is 1. The van der Waals surface area contributed by atoms with Gasteiger partial charge in [-0.15, -0.1) is 11.3 Å². The Morgan fingerprint density at radius 2 is 1.81 bits per heavy atom. The zero-order valence-corrected chi connectivity index (χ0v) is 15.6. The van der Waals surface area contributed by atoms with Crippen LogP contribution >= 0.6 is 11.3 Å². The van der Waals surface area contributed by atoms with E-state index in [1.807, 2.05) is 30.0 Å². The molecule has 4 rings (SSSR count). The Balaban J connectivity index is 1.56. The first-order chi connectivity index (χ1) is 12.6. The van der Waals surface area contributed by atoms with Crippen LogP contribution in [0.2, 0.25) is 0 Å². The summed E-state index contributed by atoms with van der Waals surface area (Å²) >= 11 is 1.32. The van der Waals surface area contributed by atoms with Crippen molar-refractivity contribution in [2.24, 2.45) is 7.05 Å². The van der Waals surface area contributed by atoms with Gasteiger partial charge in [-0.3, -0.25) is 9.59 Å². The predicted molar refractivity (Wildman–Crippen MR) is 104 cm³/mol. The fourth-order valence-electron chi connectivity index (χ4n) is 3.36. The zero-order chi connectivity index (χ0) is 18.3. The minimum atomic E-state index is -0.100. The first-order valence-corrected chi connectivity index (χ1v) is 9.42. The van der Waals surface area contributed by atoms with Crippen LogP contribution in [-0.2, 0) is 7.05 Å². The summed E-state index contributed by atoms with van der Waals surface area (Å²) in [6.45, 7) is 4.80. The maximum atomic E-state index is 13.0. The molecule has 0 saturated carbocycles. The highest BCUT2D eigenvalue weighted by Crippen LogP contribution is 2.28. The van der Waals surface area contributed by atoms with Crippen LogP contribution < -0.4 is 10.5 Å². The van der Waals surface area contributed by atoms with Crippen LogP contribution in [-0.4, -0.2) is 46.5 Å². The predicted octanol–water partition coefficient (Wildman–Crippen LogP) is 2.27. The summed E-state index contributed by atoms with van der Waals surface area (Å²) in [6.07, 6.45) is 1.51. The first-order valence-electron chi connectivity index (χ1n) is 8.60. The SMILES string of the molecule is Cc1c(C(=O)N2CCN(c3ccccc3)CC2)sc2ncn(C)c(=O)c12. The number of benzene rings is 1. The third kappa shape index (κ3) is 2.78. The molecule has 1 aliphatic heterocycles. The van der Waals surface area contributed by atoms with Gasteiger partial charge >= 0.3 is 0 Å². The Kier molecular flexibility index (Phi) is 4.24. The van der Waals surface area contributed by atoms with Gasteiger partial charge in [-0.2, -0.15) is 0 Å². The van der Waals surface area contributed by atoms with E-state index < -0.39 is 0 Å². The average Bonchev–Trinajstić information content (AvgIpc) is 3.02. The molecular formula is C19H20N4O2S. The summed E-state index contributed by atoms with van der Waals surface area (Å²) in [6, 6.07) is 10.2. The van der Waals surface area contributed by atoms with Crippen molar-refractivity contribution in [2.75, 3.05) is 31.1 Å². The second-order valence-corrected chi connectivity index (χ2v) is 7.51. The Labute approximate surface area is 155 Å². The first kappa shape index (κ1) is 16.8. The molecule has 134 valence electrons. The Bertz CT molecular complexity index is 1020. The number of nitrogens with zero attached hydrogens (tertiary/aromatic N) is 4. The van der Waals surface area contributed by atoms with E-state index in [2.05, 4.69) is 22.0 Å². The molecule has 2 aromatic heterocycles. The normalized spacial score (nSPS) is 14.8. The highest BCUT2D eigenvalue weighted by molar-refractivity contribution is 7.20. The minimum Gasteiger partial charge on any atom is -0.368 e. The molecule has 0 unspecified atom stereocenters. The molecule has 6 nitrogen and oxygen atoms in total. The van der Waals surface area contributed by atoms with Crippen molar-refractivity contribution in [2.45, 2.75) is 6.92 Å². The van der Waals surface area contributed by atoms with E-state index in [4.69, 9.17) is 0 Å². The molecule has 7 heteroatoms. The maximum absolute atomic E-state index is 13.0. The molecule has 1 fully saturated rings. The van der Waals surface area contributed by atoms with Gasteiger partial charge in [0.15, 0.2) is 0 Å². The third-order valence-corrected chi connectivity index (χ3v) is 6.08. The molecule has 1 aromatic carbocycles. The maximum Gasteiger partial charge on any atom is 0.264 e. The van der Waals surface area contributed by atoms with Gasteiger partial charge in [-0.05, 0) is 24.6 Å². The van der Waals surface area contributed by atoms with Gasteiger partial charge in [0.1, 0.15) is 4.83 Å². The van der Waals surface area contributed by atoms with Gasteiger partial charge < -0.3 is 14.4 Å². The molecule has 0 spiro atoms. The van der Waals surface area contributed by atoms with Crippen molar-refractivity contribution in [3.8, 4) is 0 Å². The second kappa shape index (κ2) is 6.57. The van der Waals surface area contributed by atoms with Crippen LogP contribution in [0.15, 0.2) is 41.5 Å². The van der Waals surface area contributed by atoms with Crippen LogP contribution in [0.4, 0.5) is 5.69 Å². The fraction of sp³-hybridized carbons (Fsp3) is 0.316. The van der Waals surface area contributed by atoms with E-state index in [9.17, 15) is 9.59 Å². The van der Waals surface area contributed by atoms with E-state index in [1.54, 1.807) is 7.05 Å². The van der Waals surface area contributed by atoms with Crippen LogP contribution in [0.3, 0.4) is 0 Å². The lowest BCUT2D eigenvalue weighted by atomic mass is 10.2. The third-order valence-electron chi connectivity index (χ3n) is 4.89. The van der Waals surface area contributed by atoms with Crippen molar-refractivity contribution in [1.29, 1.82) is 0 Å². The largest absolute Gasteiger partial charge is 0.368 e. The quantitative estimate of drug-likeness (QED) is 0.696. The van der Waals surface area contributed by atoms with Crippen LogP contribution in [0.5, 0.6) is 0 Å². The summed E-state index contributed by atoms with van der Waals surface area (Å²) in [7, 11) is 1.68. The lowest BCUT2D eigenvalue weighted by Gasteiger charge is -2.36. The Morgan fingerprint density at radius 1 is 1.12 bits per heavy atom. The lowest BCUT2D eigenvalue weighted by Crippen LogP contribution is -2.48. The number of piperazine rings is 1. The summed E-state index contributed by atoms with van der Waals surface area (Å²) < 4.78 is 1.45. The summed E-state index contributed by atoms with van der Waals surface area (Å²) in [5, 5.41) is 0.561. The number of anilines is 1. The zero-order valence-electron chi connectivity index (χ0n) is 14.8. The van der Waals surface area contributed by atoms with Crippen molar-refractivity contribution in [3.63, 3.8) is 0 Å². The summed E-state index contributed by atoms with van der Waals surface area (Å²) in [4.78, 5) is 35.1. The molecule has 0 atom stereocenters. The van der Waals surface area contributed by atoms with Crippen LogP contribution in [0, 0.1) is 6.92 Å². The van der Waals surface area contributed by atoms with E-state index in [-0.39, 0.29) is 11.5 Å². The molecule has 3 heterocycles. The van der Waals surface area contributed by atoms with Crippen molar-refractivity contribution >= 4 is 33.1 Å². The molecule has 0 N–H and O–H groups in total. The monoisotopic (exact) mass is 368 g/mol. The van der Waals surface area contributed by atoms with Gasteiger partial charge in [0, 0.05) is 38.9 Å².